The van der Waals surface area contributed by atoms with E-state index in [4.69, 9.17) is 0 Å². The number of pyridine rings is 1. The number of rotatable bonds is 9. The molecule has 2 heterocycles. The largest absolute Gasteiger partial charge is 0.321 e. The Balaban J connectivity index is 1.46. The lowest BCUT2D eigenvalue weighted by Gasteiger charge is -2.13. The maximum Gasteiger partial charge on any atom is 0.272 e. The second-order valence-electron chi connectivity index (χ2n) is 8.19. The first-order valence-corrected chi connectivity index (χ1v) is 13.4. The number of thiazole rings is 1. The average molecular weight is 544 g/mol. The number of hydrogen-bond donors (Lipinski definition) is 3. The monoisotopic (exact) mass is 543 g/mol. The van der Waals surface area contributed by atoms with Crippen LogP contribution in [-0.2, 0) is 9.59 Å². The molecule has 8 nitrogen and oxygen atoms in total. The molecule has 1 atom stereocenters. The molecule has 0 bridgehead atoms. The molecule has 10 heteroatoms. The van der Waals surface area contributed by atoms with Crippen molar-refractivity contribution in [2.45, 2.75) is 24.0 Å². The number of benzene rings is 2. The standard InChI is InChI=1S/C28H25N5O3S2/c1-18-17-37-28(30-18)33-25(34)19(2)38-23-12-6-11-22(15-23)31-27(36)24(14-20-8-7-13-29-16-20)32-26(35)21-9-4-3-5-10-21/h3-17,19H,1-2H3,(H,31,36)(H,32,35)(H,30,33,34)/b24-14-. The first-order chi connectivity index (χ1) is 18.4. The van der Waals surface area contributed by atoms with Crippen LogP contribution in [0.1, 0.15) is 28.5 Å². The van der Waals surface area contributed by atoms with Crippen molar-refractivity contribution in [1.29, 1.82) is 0 Å². The van der Waals surface area contributed by atoms with Crippen molar-refractivity contribution in [2.24, 2.45) is 0 Å². The fourth-order valence-corrected chi connectivity index (χ4v) is 4.91. The number of aryl methyl sites for hydroxylation is 1. The van der Waals surface area contributed by atoms with Crippen LogP contribution in [0.2, 0.25) is 0 Å². The molecule has 4 aromatic rings. The summed E-state index contributed by atoms with van der Waals surface area (Å²) in [5, 5.41) is 10.4. The van der Waals surface area contributed by atoms with E-state index in [1.54, 1.807) is 80.0 Å². The van der Waals surface area contributed by atoms with Crippen molar-refractivity contribution < 1.29 is 14.4 Å². The first-order valence-electron chi connectivity index (χ1n) is 11.7. The second-order valence-corrected chi connectivity index (χ2v) is 10.5. The van der Waals surface area contributed by atoms with Crippen molar-refractivity contribution in [3.63, 3.8) is 0 Å². The van der Waals surface area contributed by atoms with E-state index in [9.17, 15) is 14.4 Å². The highest BCUT2D eigenvalue weighted by Crippen LogP contribution is 2.27. The molecule has 0 aliphatic carbocycles. The summed E-state index contributed by atoms with van der Waals surface area (Å²) < 4.78 is 0. The molecule has 0 fully saturated rings. The number of nitrogens with zero attached hydrogens (tertiary/aromatic N) is 2. The molecule has 0 spiro atoms. The zero-order chi connectivity index (χ0) is 26.9. The molecule has 3 N–H and O–H groups in total. The molecule has 3 amide bonds. The SMILES string of the molecule is Cc1csc(NC(=O)C(C)Sc2cccc(NC(=O)/C(=C/c3cccnc3)NC(=O)c3ccccc3)c2)n1. The van der Waals surface area contributed by atoms with Crippen LogP contribution in [0.5, 0.6) is 0 Å². The van der Waals surface area contributed by atoms with Crippen molar-refractivity contribution in [3.05, 3.63) is 107 Å². The zero-order valence-corrected chi connectivity index (χ0v) is 22.3. The minimum atomic E-state index is -0.495. The molecule has 0 aliphatic rings. The van der Waals surface area contributed by atoms with Gasteiger partial charge in [0.1, 0.15) is 5.70 Å². The van der Waals surface area contributed by atoms with E-state index in [0.29, 0.717) is 21.9 Å². The Hall–Kier alpha value is -4.28. The van der Waals surface area contributed by atoms with Gasteiger partial charge < -0.3 is 16.0 Å². The maximum atomic E-state index is 13.2. The molecule has 0 aliphatic heterocycles. The summed E-state index contributed by atoms with van der Waals surface area (Å²) in [5.41, 5.74) is 2.53. The van der Waals surface area contributed by atoms with Crippen LogP contribution in [0.25, 0.3) is 6.08 Å². The number of carbonyl (C=O) groups excluding carboxylic acids is 3. The van der Waals surface area contributed by atoms with Gasteiger partial charge >= 0.3 is 0 Å². The summed E-state index contributed by atoms with van der Waals surface area (Å²) in [6, 6.07) is 19.4. The smallest absolute Gasteiger partial charge is 0.272 e. The zero-order valence-electron chi connectivity index (χ0n) is 20.7. The summed E-state index contributed by atoms with van der Waals surface area (Å²) in [6.45, 7) is 3.67. The molecule has 0 saturated heterocycles. The van der Waals surface area contributed by atoms with Gasteiger partial charge in [-0.1, -0.05) is 30.3 Å². The van der Waals surface area contributed by atoms with Crippen molar-refractivity contribution >= 4 is 57.7 Å². The van der Waals surface area contributed by atoms with Gasteiger partial charge in [-0.25, -0.2) is 4.98 Å². The molecule has 2 aromatic carbocycles. The van der Waals surface area contributed by atoms with E-state index in [1.807, 2.05) is 24.4 Å². The molecule has 4 rings (SSSR count). The van der Waals surface area contributed by atoms with Gasteiger partial charge in [-0.15, -0.1) is 23.1 Å². The van der Waals surface area contributed by atoms with Gasteiger partial charge in [-0.2, -0.15) is 0 Å². The third kappa shape index (κ3) is 7.61. The number of carbonyl (C=O) groups is 3. The normalized spacial score (nSPS) is 11.9. The lowest BCUT2D eigenvalue weighted by atomic mass is 10.2. The molecule has 38 heavy (non-hydrogen) atoms. The van der Waals surface area contributed by atoms with Crippen LogP contribution >= 0.6 is 23.1 Å². The fourth-order valence-electron chi connectivity index (χ4n) is 3.29. The number of aromatic nitrogens is 2. The van der Waals surface area contributed by atoms with E-state index in [2.05, 4.69) is 25.9 Å². The Labute approximate surface area is 228 Å². The van der Waals surface area contributed by atoms with E-state index in [1.165, 1.54) is 23.1 Å². The quantitative estimate of drug-likeness (QED) is 0.193. The van der Waals surface area contributed by atoms with E-state index in [-0.39, 0.29) is 11.6 Å². The minimum Gasteiger partial charge on any atom is -0.321 e. The topological polar surface area (TPSA) is 113 Å². The van der Waals surface area contributed by atoms with Crippen LogP contribution in [0.4, 0.5) is 10.8 Å². The predicted molar refractivity (Wildman–Crippen MR) is 152 cm³/mol. The number of hydrogen-bond acceptors (Lipinski definition) is 7. The Morgan fingerprint density at radius 3 is 2.53 bits per heavy atom. The van der Waals surface area contributed by atoms with Crippen LogP contribution in [-0.4, -0.2) is 32.9 Å². The lowest BCUT2D eigenvalue weighted by molar-refractivity contribution is -0.115. The Morgan fingerprint density at radius 2 is 1.82 bits per heavy atom. The molecule has 2 aromatic heterocycles. The predicted octanol–water partition coefficient (Wildman–Crippen LogP) is 5.38. The number of amides is 3. The fraction of sp³-hybridized carbons (Fsp3) is 0.107. The molecular formula is C28H25N5O3S2. The van der Waals surface area contributed by atoms with E-state index in [0.717, 1.165) is 10.6 Å². The minimum absolute atomic E-state index is 0.0661. The lowest BCUT2D eigenvalue weighted by Crippen LogP contribution is -2.30. The summed E-state index contributed by atoms with van der Waals surface area (Å²) in [7, 11) is 0. The first kappa shape index (κ1) is 26.8. The second kappa shape index (κ2) is 12.8. The van der Waals surface area contributed by atoms with E-state index < -0.39 is 17.1 Å². The molecule has 0 saturated carbocycles. The summed E-state index contributed by atoms with van der Waals surface area (Å²) >= 11 is 2.74. The van der Waals surface area contributed by atoms with Crippen LogP contribution in [0, 0.1) is 6.92 Å². The average Bonchev–Trinajstić information content (AvgIpc) is 3.33. The van der Waals surface area contributed by atoms with Crippen molar-refractivity contribution in [2.75, 3.05) is 10.6 Å². The van der Waals surface area contributed by atoms with Gasteiger partial charge in [-0.3, -0.25) is 19.4 Å². The summed E-state index contributed by atoms with van der Waals surface area (Å²) in [4.78, 5) is 47.7. The van der Waals surface area contributed by atoms with Crippen molar-refractivity contribution in [1.82, 2.24) is 15.3 Å². The Kier molecular flexibility index (Phi) is 9.02. The molecule has 0 radical (unpaired) electrons. The highest BCUT2D eigenvalue weighted by molar-refractivity contribution is 8.00. The number of anilines is 2. The van der Waals surface area contributed by atoms with E-state index >= 15 is 0 Å². The Morgan fingerprint density at radius 1 is 1.00 bits per heavy atom. The van der Waals surface area contributed by atoms with Gasteiger partial charge in [0.2, 0.25) is 5.91 Å². The highest BCUT2D eigenvalue weighted by Gasteiger charge is 2.18. The highest BCUT2D eigenvalue weighted by atomic mass is 32.2. The molecule has 1 unspecified atom stereocenters. The molecule has 192 valence electrons. The van der Waals surface area contributed by atoms with Crippen LogP contribution in [0.3, 0.4) is 0 Å². The number of nitrogens with one attached hydrogen (secondary N) is 3. The number of thioether (sulfide) groups is 1. The van der Waals surface area contributed by atoms with Gasteiger partial charge in [0.05, 0.1) is 10.9 Å². The van der Waals surface area contributed by atoms with Gasteiger partial charge in [-0.05, 0) is 61.9 Å². The Bertz CT molecular complexity index is 1460. The van der Waals surface area contributed by atoms with Gasteiger partial charge in [0, 0.05) is 33.9 Å². The maximum absolute atomic E-state index is 13.2. The third-order valence-electron chi connectivity index (χ3n) is 5.15. The molecular weight excluding hydrogens is 518 g/mol. The van der Waals surface area contributed by atoms with Gasteiger partial charge in [0.25, 0.3) is 11.8 Å². The van der Waals surface area contributed by atoms with Gasteiger partial charge in [0.15, 0.2) is 5.13 Å². The van der Waals surface area contributed by atoms with Crippen LogP contribution < -0.4 is 16.0 Å². The summed E-state index contributed by atoms with van der Waals surface area (Å²) in [5.74, 6) is -1.07. The van der Waals surface area contributed by atoms with Crippen LogP contribution in [0.15, 0.2) is 95.1 Å². The third-order valence-corrected chi connectivity index (χ3v) is 7.12. The summed E-state index contributed by atoms with van der Waals surface area (Å²) in [6.07, 6.45) is 4.79. The van der Waals surface area contributed by atoms with Crippen molar-refractivity contribution in [3.8, 4) is 0 Å².